The minimum atomic E-state index is -0.471. The van der Waals surface area contributed by atoms with Crippen LogP contribution >= 0.6 is 0 Å². The molecule has 0 fully saturated rings. The molecule has 0 amide bonds. The molecule has 1 atom stereocenters. The van der Waals surface area contributed by atoms with Crippen molar-refractivity contribution in [3.8, 4) is 5.75 Å². The molecule has 2 rings (SSSR count). The molecule has 1 aliphatic rings. The summed E-state index contributed by atoms with van der Waals surface area (Å²) < 4.78 is 5.31. The first-order valence-electron chi connectivity index (χ1n) is 5.23. The Morgan fingerprint density at radius 2 is 2.33 bits per heavy atom. The quantitative estimate of drug-likeness (QED) is 0.756. The Labute approximate surface area is 89.9 Å². The van der Waals surface area contributed by atoms with Gasteiger partial charge in [0, 0.05) is 5.54 Å². The molecule has 3 heteroatoms. The van der Waals surface area contributed by atoms with Crippen molar-refractivity contribution in [1.29, 1.82) is 0 Å². The van der Waals surface area contributed by atoms with Gasteiger partial charge in [-0.15, -0.1) is 0 Å². The molecule has 3 nitrogen and oxygen atoms in total. The van der Waals surface area contributed by atoms with Gasteiger partial charge in [-0.05, 0) is 36.5 Å². The van der Waals surface area contributed by atoms with E-state index >= 15 is 0 Å². The lowest BCUT2D eigenvalue weighted by Crippen LogP contribution is -2.48. The van der Waals surface area contributed by atoms with Crippen LogP contribution in [0.25, 0.3) is 0 Å². The van der Waals surface area contributed by atoms with Gasteiger partial charge in [-0.1, -0.05) is 12.1 Å². The lowest BCUT2D eigenvalue weighted by Gasteiger charge is -2.33. The molecule has 0 radical (unpaired) electrons. The van der Waals surface area contributed by atoms with Gasteiger partial charge < -0.3 is 15.6 Å². The van der Waals surface area contributed by atoms with E-state index in [9.17, 15) is 5.11 Å². The predicted molar refractivity (Wildman–Crippen MR) is 59.0 cm³/mol. The summed E-state index contributed by atoms with van der Waals surface area (Å²) in [6.45, 7) is 0.0322. The zero-order chi connectivity index (χ0) is 10.9. The summed E-state index contributed by atoms with van der Waals surface area (Å²) in [4.78, 5) is 0. The average molecular weight is 207 g/mol. The second kappa shape index (κ2) is 3.83. The molecule has 0 heterocycles. The monoisotopic (exact) mass is 207 g/mol. The Morgan fingerprint density at radius 3 is 3.00 bits per heavy atom. The van der Waals surface area contributed by atoms with E-state index in [4.69, 9.17) is 10.5 Å². The van der Waals surface area contributed by atoms with E-state index in [0.717, 1.165) is 24.2 Å². The SMILES string of the molecule is COc1cccc2c1CC(N)(CO)CC2. The lowest BCUT2D eigenvalue weighted by atomic mass is 9.79. The maximum atomic E-state index is 9.27. The third-order valence-corrected chi connectivity index (χ3v) is 3.19. The van der Waals surface area contributed by atoms with E-state index in [2.05, 4.69) is 6.07 Å². The molecule has 0 bridgehead atoms. The second-order valence-electron chi connectivity index (χ2n) is 4.30. The van der Waals surface area contributed by atoms with Gasteiger partial charge in [0.25, 0.3) is 0 Å². The first-order valence-corrected chi connectivity index (χ1v) is 5.23. The van der Waals surface area contributed by atoms with Crippen molar-refractivity contribution in [2.24, 2.45) is 5.73 Å². The van der Waals surface area contributed by atoms with E-state index < -0.39 is 5.54 Å². The van der Waals surface area contributed by atoms with Crippen LogP contribution in [0.15, 0.2) is 18.2 Å². The van der Waals surface area contributed by atoms with Crippen molar-refractivity contribution < 1.29 is 9.84 Å². The Balaban J connectivity index is 2.38. The summed E-state index contributed by atoms with van der Waals surface area (Å²) >= 11 is 0. The van der Waals surface area contributed by atoms with Gasteiger partial charge in [0.1, 0.15) is 5.75 Å². The van der Waals surface area contributed by atoms with Crippen molar-refractivity contribution in [3.63, 3.8) is 0 Å². The number of benzene rings is 1. The van der Waals surface area contributed by atoms with Gasteiger partial charge in [0.05, 0.1) is 13.7 Å². The molecular formula is C12H17NO2. The number of hydrogen-bond acceptors (Lipinski definition) is 3. The van der Waals surface area contributed by atoms with Crippen LogP contribution in [-0.2, 0) is 12.8 Å². The maximum absolute atomic E-state index is 9.27. The number of nitrogens with two attached hydrogens (primary N) is 1. The maximum Gasteiger partial charge on any atom is 0.122 e. The van der Waals surface area contributed by atoms with E-state index in [1.165, 1.54) is 5.56 Å². The minimum Gasteiger partial charge on any atom is -0.496 e. The van der Waals surface area contributed by atoms with Gasteiger partial charge in [0.2, 0.25) is 0 Å². The normalized spacial score (nSPS) is 24.7. The zero-order valence-electron chi connectivity index (χ0n) is 8.99. The highest BCUT2D eigenvalue weighted by molar-refractivity contribution is 5.43. The van der Waals surface area contributed by atoms with Crippen LogP contribution < -0.4 is 10.5 Å². The summed E-state index contributed by atoms with van der Waals surface area (Å²) in [6.07, 6.45) is 2.45. The molecule has 0 aromatic heterocycles. The van der Waals surface area contributed by atoms with Crippen molar-refractivity contribution in [2.45, 2.75) is 24.8 Å². The number of hydrogen-bond donors (Lipinski definition) is 2. The van der Waals surface area contributed by atoms with Crippen LogP contribution in [0.2, 0.25) is 0 Å². The largest absolute Gasteiger partial charge is 0.496 e. The highest BCUT2D eigenvalue weighted by Gasteiger charge is 2.31. The molecule has 0 saturated heterocycles. The molecule has 3 N–H and O–H groups in total. The van der Waals surface area contributed by atoms with Crippen LogP contribution in [0.5, 0.6) is 5.75 Å². The minimum absolute atomic E-state index is 0.0322. The molecule has 1 aliphatic carbocycles. The molecule has 15 heavy (non-hydrogen) atoms. The van der Waals surface area contributed by atoms with Crippen LogP contribution in [-0.4, -0.2) is 24.4 Å². The number of methoxy groups -OCH3 is 1. The summed E-state index contributed by atoms with van der Waals surface area (Å²) in [5, 5.41) is 9.27. The number of fused-ring (bicyclic) bond motifs is 1. The highest BCUT2D eigenvalue weighted by Crippen LogP contribution is 2.32. The predicted octanol–water partition coefficient (Wildman–Crippen LogP) is 0.874. The van der Waals surface area contributed by atoms with Crippen molar-refractivity contribution in [2.75, 3.05) is 13.7 Å². The summed E-state index contributed by atoms with van der Waals surface area (Å²) in [7, 11) is 1.67. The number of aliphatic hydroxyl groups excluding tert-OH is 1. The first-order chi connectivity index (χ1) is 7.18. The molecule has 0 saturated carbocycles. The number of rotatable bonds is 2. The number of ether oxygens (including phenoxy) is 1. The van der Waals surface area contributed by atoms with Gasteiger partial charge in [-0.25, -0.2) is 0 Å². The van der Waals surface area contributed by atoms with Crippen LogP contribution in [0.1, 0.15) is 17.5 Å². The molecule has 82 valence electrons. The lowest BCUT2D eigenvalue weighted by molar-refractivity contribution is 0.180. The Bertz CT molecular complexity index is 350. The molecule has 0 aliphatic heterocycles. The number of aryl methyl sites for hydroxylation is 1. The fourth-order valence-corrected chi connectivity index (χ4v) is 2.20. The third kappa shape index (κ3) is 1.85. The van der Waals surface area contributed by atoms with Crippen LogP contribution in [0.3, 0.4) is 0 Å². The van der Waals surface area contributed by atoms with E-state index in [-0.39, 0.29) is 6.61 Å². The Kier molecular flexibility index (Phi) is 2.67. The Hall–Kier alpha value is -1.06. The van der Waals surface area contributed by atoms with E-state index in [1.807, 2.05) is 12.1 Å². The van der Waals surface area contributed by atoms with Crippen molar-refractivity contribution >= 4 is 0 Å². The van der Waals surface area contributed by atoms with Crippen LogP contribution in [0, 0.1) is 0 Å². The fourth-order valence-electron chi connectivity index (χ4n) is 2.20. The van der Waals surface area contributed by atoms with Crippen molar-refractivity contribution in [1.82, 2.24) is 0 Å². The summed E-state index contributed by atoms with van der Waals surface area (Å²) in [5.74, 6) is 0.885. The van der Waals surface area contributed by atoms with Gasteiger partial charge in [-0.3, -0.25) is 0 Å². The molecular weight excluding hydrogens is 190 g/mol. The topological polar surface area (TPSA) is 55.5 Å². The van der Waals surface area contributed by atoms with Crippen LogP contribution in [0.4, 0.5) is 0 Å². The molecule has 1 aromatic carbocycles. The zero-order valence-corrected chi connectivity index (χ0v) is 8.99. The fraction of sp³-hybridized carbons (Fsp3) is 0.500. The number of aliphatic hydroxyl groups is 1. The van der Waals surface area contributed by atoms with E-state index in [1.54, 1.807) is 7.11 Å². The molecule has 1 aromatic rings. The second-order valence-corrected chi connectivity index (χ2v) is 4.30. The average Bonchev–Trinajstić information content (AvgIpc) is 2.28. The molecule has 0 spiro atoms. The molecule has 1 unspecified atom stereocenters. The smallest absolute Gasteiger partial charge is 0.122 e. The third-order valence-electron chi connectivity index (χ3n) is 3.19. The van der Waals surface area contributed by atoms with Gasteiger partial charge >= 0.3 is 0 Å². The van der Waals surface area contributed by atoms with Gasteiger partial charge in [0.15, 0.2) is 0 Å². The van der Waals surface area contributed by atoms with E-state index in [0.29, 0.717) is 6.42 Å². The summed E-state index contributed by atoms with van der Waals surface area (Å²) in [6, 6.07) is 6.05. The van der Waals surface area contributed by atoms with Crippen molar-refractivity contribution in [3.05, 3.63) is 29.3 Å². The summed E-state index contributed by atoms with van der Waals surface area (Å²) in [5.41, 5.74) is 8.07. The first kappa shape index (κ1) is 10.5. The highest BCUT2D eigenvalue weighted by atomic mass is 16.5. The van der Waals surface area contributed by atoms with Gasteiger partial charge in [-0.2, -0.15) is 0 Å². The Morgan fingerprint density at radius 1 is 1.53 bits per heavy atom. The standard InChI is InChI=1S/C12H17NO2/c1-15-11-4-2-3-9-5-6-12(13,8-14)7-10(9)11/h2-4,14H,5-8,13H2,1H3.